The third-order valence-electron chi connectivity index (χ3n) is 6.78. The lowest BCUT2D eigenvalue weighted by molar-refractivity contribution is -0.254. The number of hydrogen-bond acceptors (Lipinski definition) is 11. The maximum atomic E-state index is 12.2. The predicted octanol–water partition coefficient (Wildman–Crippen LogP) is 3.50. The van der Waals surface area contributed by atoms with Crippen LogP contribution in [0.5, 0.6) is 5.75 Å². The molecule has 2 aliphatic heterocycles. The van der Waals surface area contributed by atoms with Crippen LogP contribution >= 0.6 is 0 Å². The number of rotatable bonds is 8. The Bertz CT molecular complexity index is 1270. The predicted molar refractivity (Wildman–Crippen MR) is 142 cm³/mol. The molecule has 0 aromatic heterocycles. The molecule has 0 aliphatic carbocycles. The summed E-state index contributed by atoms with van der Waals surface area (Å²) < 4.78 is 39.9. The van der Waals surface area contributed by atoms with Gasteiger partial charge in [0.15, 0.2) is 25.1 Å². The number of fused-ring (bicyclic) bond motifs is 1. The molecule has 0 spiro atoms. The van der Waals surface area contributed by atoms with Crippen LogP contribution in [0.15, 0.2) is 42.5 Å². The molecule has 0 amide bonds. The van der Waals surface area contributed by atoms with E-state index in [2.05, 4.69) is 6.92 Å². The topological polar surface area (TPSA) is 133 Å². The molecule has 2 aromatic carbocycles. The molecule has 0 radical (unpaired) electrons. The van der Waals surface area contributed by atoms with Gasteiger partial charge >= 0.3 is 23.9 Å². The smallest absolute Gasteiger partial charge is 0.303 e. The van der Waals surface area contributed by atoms with Gasteiger partial charge in [0.2, 0.25) is 0 Å². The maximum Gasteiger partial charge on any atom is 0.303 e. The van der Waals surface area contributed by atoms with Gasteiger partial charge in [-0.1, -0.05) is 37.3 Å². The maximum absolute atomic E-state index is 12.2. The summed E-state index contributed by atoms with van der Waals surface area (Å²) in [6.45, 7) is 6.63. The van der Waals surface area contributed by atoms with E-state index >= 15 is 0 Å². The fourth-order valence-electron chi connectivity index (χ4n) is 5.04. The van der Waals surface area contributed by atoms with Gasteiger partial charge in [0.25, 0.3) is 0 Å². The molecular formula is C30H34O11. The highest BCUT2D eigenvalue weighted by molar-refractivity contribution is 5.69. The standard InChI is InChI=1S/C30H34O11/c1-6-20-7-9-21(10-8-20)26-23-13-22(11-12-24(23)36-15-37-26)27-29(39-18(4)33)30(40-19(5)34)28(38-17(3)32)25(41-27)14-35-16(2)31/h7-13,25-30H,6,14-15H2,1-5H3. The van der Waals surface area contributed by atoms with E-state index in [1.807, 2.05) is 30.3 Å². The summed E-state index contributed by atoms with van der Waals surface area (Å²) in [4.78, 5) is 48.1. The van der Waals surface area contributed by atoms with Crippen LogP contribution in [0.25, 0.3) is 0 Å². The molecule has 41 heavy (non-hydrogen) atoms. The van der Waals surface area contributed by atoms with Crippen LogP contribution in [0, 0.1) is 0 Å². The summed E-state index contributed by atoms with van der Waals surface area (Å²) in [6.07, 6.45) is -5.31. The van der Waals surface area contributed by atoms with Gasteiger partial charge in [-0.15, -0.1) is 0 Å². The van der Waals surface area contributed by atoms with E-state index in [-0.39, 0.29) is 13.4 Å². The summed E-state index contributed by atoms with van der Waals surface area (Å²) in [6, 6.07) is 13.4. The molecule has 2 aliphatic rings. The monoisotopic (exact) mass is 570 g/mol. The average molecular weight is 571 g/mol. The Morgan fingerprint density at radius 2 is 1.39 bits per heavy atom. The van der Waals surface area contributed by atoms with E-state index in [1.54, 1.807) is 12.1 Å². The zero-order valence-electron chi connectivity index (χ0n) is 23.6. The average Bonchev–Trinajstić information content (AvgIpc) is 2.93. The van der Waals surface area contributed by atoms with Crippen molar-refractivity contribution < 1.29 is 52.3 Å². The number of ether oxygens (including phenoxy) is 7. The van der Waals surface area contributed by atoms with Crippen LogP contribution in [0.2, 0.25) is 0 Å². The lowest BCUT2D eigenvalue weighted by atomic mass is 9.88. The molecule has 11 nitrogen and oxygen atoms in total. The van der Waals surface area contributed by atoms with E-state index in [0.29, 0.717) is 16.9 Å². The molecule has 6 unspecified atom stereocenters. The van der Waals surface area contributed by atoms with Crippen LogP contribution in [0.3, 0.4) is 0 Å². The van der Waals surface area contributed by atoms with E-state index in [1.165, 1.54) is 33.3 Å². The second kappa shape index (κ2) is 13.1. The molecule has 2 aromatic rings. The van der Waals surface area contributed by atoms with Gasteiger partial charge in [-0.05, 0) is 35.2 Å². The van der Waals surface area contributed by atoms with Crippen molar-refractivity contribution in [2.24, 2.45) is 0 Å². The number of esters is 4. The largest absolute Gasteiger partial charge is 0.467 e. The van der Waals surface area contributed by atoms with Gasteiger partial charge in [-0.2, -0.15) is 0 Å². The van der Waals surface area contributed by atoms with Gasteiger partial charge in [-0.3, -0.25) is 19.2 Å². The van der Waals surface area contributed by atoms with Crippen molar-refractivity contribution in [3.63, 3.8) is 0 Å². The first kappa shape index (κ1) is 30.0. The van der Waals surface area contributed by atoms with Gasteiger partial charge < -0.3 is 33.2 Å². The van der Waals surface area contributed by atoms with Crippen molar-refractivity contribution in [3.8, 4) is 5.75 Å². The third-order valence-corrected chi connectivity index (χ3v) is 6.78. The Morgan fingerprint density at radius 3 is 2.00 bits per heavy atom. The highest BCUT2D eigenvalue weighted by atomic mass is 16.7. The van der Waals surface area contributed by atoms with Crippen molar-refractivity contribution in [1.29, 1.82) is 0 Å². The van der Waals surface area contributed by atoms with Crippen molar-refractivity contribution in [1.82, 2.24) is 0 Å². The molecule has 220 valence electrons. The van der Waals surface area contributed by atoms with Crippen LogP contribution in [0.4, 0.5) is 0 Å². The third kappa shape index (κ3) is 7.22. The minimum Gasteiger partial charge on any atom is -0.467 e. The number of carbonyl (C=O) groups is 4. The van der Waals surface area contributed by atoms with E-state index in [0.717, 1.165) is 12.0 Å². The normalized spacial score (nSPS) is 25.2. The number of benzene rings is 2. The fraction of sp³-hybridized carbons (Fsp3) is 0.467. The summed E-state index contributed by atoms with van der Waals surface area (Å²) in [5.41, 5.74) is 3.37. The van der Waals surface area contributed by atoms with Crippen LogP contribution < -0.4 is 4.74 Å². The lowest BCUT2D eigenvalue weighted by Crippen LogP contribution is -2.59. The Kier molecular flexibility index (Phi) is 9.61. The Morgan fingerprint density at radius 1 is 0.780 bits per heavy atom. The molecule has 6 atom stereocenters. The molecule has 2 heterocycles. The van der Waals surface area contributed by atoms with Crippen molar-refractivity contribution in [2.45, 2.75) is 77.7 Å². The van der Waals surface area contributed by atoms with E-state index in [4.69, 9.17) is 33.2 Å². The highest BCUT2D eigenvalue weighted by Crippen LogP contribution is 2.42. The summed E-state index contributed by atoms with van der Waals surface area (Å²) >= 11 is 0. The fourth-order valence-corrected chi connectivity index (χ4v) is 5.04. The van der Waals surface area contributed by atoms with Crippen LogP contribution in [-0.4, -0.2) is 61.7 Å². The summed E-state index contributed by atoms with van der Waals surface area (Å²) in [5.74, 6) is -2.03. The number of hydrogen-bond donors (Lipinski definition) is 0. The second-order valence-electron chi connectivity index (χ2n) is 9.82. The van der Waals surface area contributed by atoms with E-state index < -0.39 is 60.5 Å². The van der Waals surface area contributed by atoms with Crippen molar-refractivity contribution in [3.05, 3.63) is 64.7 Å². The first-order valence-corrected chi connectivity index (χ1v) is 13.3. The molecule has 1 saturated heterocycles. The zero-order chi connectivity index (χ0) is 29.7. The molecule has 0 bridgehead atoms. The molecule has 4 rings (SSSR count). The van der Waals surface area contributed by atoms with Crippen LogP contribution in [-0.2, 0) is 54.0 Å². The van der Waals surface area contributed by atoms with Crippen LogP contribution in [0.1, 0.15) is 69.1 Å². The molecule has 1 fully saturated rings. The first-order chi connectivity index (χ1) is 19.6. The second-order valence-corrected chi connectivity index (χ2v) is 9.82. The minimum absolute atomic E-state index is 0.0611. The number of aryl methyl sites for hydroxylation is 1. The zero-order valence-corrected chi connectivity index (χ0v) is 23.6. The van der Waals surface area contributed by atoms with Crippen molar-refractivity contribution >= 4 is 23.9 Å². The molecule has 11 heteroatoms. The van der Waals surface area contributed by atoms with E-state index in [9.17, 15) is 19.2 Å². The lowest BCUT2D eigenvalue weighted by Gasteiger charge is -2.44. The highest BCUT2D eigenvalue weighted by Gasteiger charge is 2.52. The SMILES string of the molecule is CCc1ccc(C2OCOc3ccc(C4OC(COC(C)=O)C(OC(C)=O)C(OC(C)=O)C4OC(C)=O)cc32)cc1. The molecule has 0 N–H and O–H groups in total. The Labute approximate surface area is 237 Å². The van der Waals surface area contributed by atoms with Gasteiger partial charge in [-0.25, -0.2) is 0 Å². The Hall–Kier alpha value is -3.96. The van der Waals surface area contributed by atoms with Crippen molar-refractivity contribution in [2.75, 3.05) is 13.4 Å². The van der Waals surface area contributed by atoms with Gasteiger partial charge in [0.05, 0.1) is 0 Å². The van der Waals surface area contributed by atoms with Gasteiger partial charge in [0.1, 0.15) is 30.7 Å². The number of carbonyl (C=O) groups excluding carboxylic acids is 4. The minimum atomic E-state index is -1.26. The first-order valence-electron chi connectivity index (χ1n) is 13.3. The molecule has 0 saturated carbocycles. The Balaban J connectivity index is 1.78. The quantitative estimate of drug-likeness (QED) is 0.341. The molecular weight excluding hydrogens is 536 g/mol. The summed E-state index contributed by atoms with van der Waals surface area (Å²) in [5, 5.41) is 0. The summed E-state index contributed by atoms with van der Waals surface area (Å²) in [7, 11) is 0. The van der Waals surface area contributed by atoms with Gasteiger partial charge in [0, 0.05) is 33.3 Å².